The van der Waals surface area contributed by atoms with Crippen LogP contribution in [-0.2, 0) is 0 Å². The minimum Gasteiger partial charge on any atom is -0.303 e. The highest BCUT2D eigenvalue weighted by Gasteiger charge is 2.16. The zero-order valence-corrected chi connectivity index (χ0v) is 11.9. The Hall–Kier alpha value is -1.57. The molecule has 2 aromatic rings. The molecule has 0 fully saturated rings. The molecule has 0 spiro atoms. The molecule has 0 atom stereocenters. The van der Waals surface area contributed by atoms with Crippen molar-refractivity contribution in [3.8, 4) is 5.69 Å². The van der Waals surface area contributed by atoms with Gasteiger partial charge in [-0.25, -0.2) is 4.98 Å². The lowest BCUT2D eigenvalue weighted by molar-refractivity contribution is 0.797. The molecule has 0 aliphatic rings. The molecule has 18 heavy (non-hydrogen) atoms. The highest BCUT2D eigenvalue weighted by molar-refractivity contribution is 5.51. The van der Waals surface area contributed by atoms with E-state index in [0.29, 0.717) is 11.8 Å². The molecule has 1 heterocycles. The third kappa shape index (κ3) is 2.20. The van der Waals surface area contributed by atoms with E-state index in [-0.39, 0.29) is 0 Å². The molecule has 1 aromatic carbocycles. The van der Waals surface area contributed by atoms with Gasteiger partial charge in [0.2, 0.25) is 0 Å². The number of aryl methyl sites for hydroxylation is 1. The topological polar surface area (TPSA) is 17.8 Å². The van der Waals surface area contributed by atoms with E-state index in [4.69, 9.17) is 0 Å². The molecule has 1 aromatic heterocycles. The smallest absolute Gasteiger partial charge is 0.110 e. The first-order valence-electron chi connectivity index (χ1n) is 6.65. The van der Waals surface area contributed by atoms with Crippen LogP contribution in [0.25, 0.3) is 5.69 Å². The Kier molecular flexibility index (Phi) is 3.55. The molecule has 0 aliphatic carbocycles. The second-order valence-electron chi connectivity index (χ2n) is 5.44. The molecule has 2 nitrogen and oxygen atoms in total. The fourth-order valence-corrected chi connectivity index (χ4v) is 2.40. The van der Waals surface area contributed by atoms with E-state index in [1.807, 2.05) is 6.20 Å². The van der Waals surface area contributed by atoms with E-state index in [0.717, 1.165) is 5.82 Å². The molecule has 2 heteroatoms. The maximum Gasteiger partial charge on any atom is 0.110 e. The lowest BCUT2D eigenvalue weighted by atomic mass is 9.92. The molecule has 0 N–H and O–H groups in total. The normalized spacial score (nSPS) is 11.5. The predicted molar refractivity (Wildman–Crippen MR) is 76.5 cm³/mol. The summed E-state index contributed by atoms with van der Waals surface area (Å²) in [5.74, 6) is 2.07. The average molecular weight is 242 g/mol. The Bertz CT molecular complexity index is 510. The Balaban J connectivity index is 2.72. The predicted octanol–water partition coefficient (Wildman–Crippen LogP) is 4.43. The van der Waals surface area contributed by atoms with Gasteiger partial charge in [-0.1, -0.05) is 45.9 Å². The van der Waals surface area contributed by atoms with E-state index in [1.165, 1.54) is 16.8 Å². The number of para-hydroxylation sites is 1. The summed E-state index contributed by atoms with van der Waals surface area (Å²) in [6, 6.07) is 6.62. The van der Waals surface area contributed by atoms with Crippen LogP contribution in [0.3, 0.4) is 0 Å². The molecule has 0 unspecified atom stereocenters. The maximum absolute atomic E-state index is 4.36. The summed E-state index contributed by atoms with van der Waals surface area (Å²) in [7, 11) is 0. The molecule has 0 aliphatic heterocycles. The van der Waals surface area contributed by atoms with Gasteiger partial charge in [0.15, 0.2) is 0 Å². The first kappa shape index (κ1) is 12.9. The van der Waals surface area contributed by atoms with Crippen LogP contribution in [0, 0.1) is 6.92 Å². The summed E-state index contributed by atoms with van der Waals surface area (Å²) in [5.41, 5.74) is 4.10. The second-order valence-corrected chi connectivity index (χ2v) is 5.44. The van der Waals surface area contributed by atoms with Gasteiger partial charge in [0, 0.05) is 12.4 Å². The van der Waals surface area contributed by atoms with Crippen LogP contribution in [-0.4, -0.2) is 9.55 Å². The minimum absolute atomic E-state index is 0.514. The Morgan fingerprint density at radius 1 is 1.00 bits per heavy atom. The van der Waals surface area contributed by atoms with Crippen molar-refractivity contribution in [1.82, 2.24) is 9.55 Å². The number of rotatable bonds is 3. The lowest BCUT2D eigenvalue weighted by Gasteiger charge is -2.21. The number of benzene rings is 1. The standard InChI is InChI=1S/C16H22N2/c1-11(2)14-7-6-8-15(12(3)4)16(14)18-10-9-17-13(18)5/h6-12H,1-5H3. The van der Waals surface area contributed by atoms with E-state index < -0.39 is 0 Å². The van der Waals surface area contributed by atoms with Crippen molar-refractivity contribution in [2.45, 2.75) is 46.5 Å². The van der Waals surface area contributed by atoms with E-state index >= 15 is 0 Å². The van der Waals surface area contributed by atoms with Crippen molar-refractivity contribution >= 4 is 0 Å². The van der Waals surface area contributed by atoms with Crippen LogP contribution in [0.4, 0.5) is 0 Å². The average Bonchev–Trinajstić information content (AvgIpc) is 2.74. The van der Waals surface area contributed by atoms with Crippen molar-refractivity contribution in [1.29, 1.82) is 0 Å². The molecule has 2 rings (SSSR count). The molecular weight excluding hydrogens is 220 g/mol. The van der Waals surface area contributed by atoms with Crippen LogP contribution in [0.2, 0.25) is 0 Å². The van der Waals surface area contributed by atoms with Gasteiger partial charge in [-0.15, -0.1) is 0 Å². The molecular formula is C16H22N2. The molecule has 96 valence electrons. The van der Waals surface area contributed by atoms with Gasteiger partial charge in [0.05, 0.1) is 5.69 Å². The Morgan fingerprint density at radius 2 is 1.56 bits per heavy atom. The summed E-state index contributed by atoms with van der Waals surface area (Å²) in [5, 5.41) is 0. The molecule has 0 radical (unpaired) electrons. The fourth-order valence-electron chi connectivity index (χ4n) is 2.40. The zero-order chi connectivity index (χ0) is 13.3. The monoisotopic (exact) mass is 242 g/mol. The first-order valence-corrected chi connectivity index (χ1v) is 6.65. The largest absolute Gasteiger partial charge is 0.303 e. The fraction of sp³-hybridized carbons (Fsp3) is 0.438. The zero-order valence-electron chi connectivity index (χ0n) is 11.9. The van der Waals surface area contributed by atoms with Crippen molar-refractivity contribution in [3.05, 3.63) is 47.5 Å². The van der Waals surface area contributed by atoms with Crippen LogP contribution in [0.1, 0.15) is 56.5 Å². The van der Waals surface area contributed by atoms with Crippen LogP contribution < -0.4 is 0 Å². The Labute approximate surface area is 110 Å². The number of aromatic nitrogens is 2. The quantitative estimate of drug-likeness (QED) is 0.778. The van der Waals surface area contributed by atoms with Gasteiger partial charge in [0.1, 0.15) is 5.82 Å². The van der Waals surface area contributed by atoms with Crippen LogP contribution in [0.15, 0.2) is 30.6 Å². The third-order valence-corrected chi connectivity index (χ3v) is 3.41. The van der Waals surface area contributed by atoms with Gasteiger partial charge >= 0.3 is 0 Å². The number of hydrogen-bond acceptors (Lipinski definition) is 1. The SMILES string of the molecule is Cc1nccn1-c1c(C(C)C)cccc1C(C)C. The van der Waals surface area contributed by atoms with Gasteiger partial charge in [-0.2, -0.15) is 0 Å². The molecule has 0 saturated heterocycles. The van der Waals surface area contributed by atoms with Gasteiger partial charge in [0.25, 0.3) is 0 Å². The van der Waals surface area contributed by atoms with E-state index in [1.54, 1.807) is 0 Å². The van der Waals surface area contributed by atoms with Crippen LogP contribution in [0.5, 0.6) is 0 Å². The summed E-state index contributed by atoms with van der Waals surface area (Å²) in [6.07, 6.45) is 3.93. The summed E-state index contributed by atoms with van der Waals surface area (Å²) >= 11 is 0. The first-order chi connectivity index (χ1) is 8.52. The highest BCUT2D eigenvalue weighted by atomic mass is 15.1. The highest BCUT2D eigenvalue weighted by Crippen LogP contribution is 2.31. The van der Waals surface area contributed by atoms with Crippen molar-refractivity contribution in [2.75, 3.05) is 0 Å². The summed E-state index contributed by atoms with van der Waals surface area (Å²) in [6.45, 7) is 11.0. The summed E-state index contributed by atoms with van der Waals surface area (Å²) in [4.78, 5) is 4.36. The number of imidazole rings is 1. The second kappa shape index (κ2) is 4.97. The number of hydrogen-bond donors (Lipinski definition) is 0. The summed E-state index contributed by atoms with van der Waals surface area (Å²) < 4.78 is 2.21. The van der Waals surface area contributed by atoms with E-state index in [9.17, 15) is 0 Å². The van der Waals surface area contributed by atoms with Gasteiger partial charge < -0.3 is 4.57 Å². The van der Waals surface area contributed by atoms with E-state index in [2.05, 4.69) is 68.6 Å². The van der Waals surface area contributed by atoms with Gasteiger partial charge in [-0.05, 0) is 29.9 Å². The maximum atomic E-state index is 4.36. The molecule has 0 amide bonds. The van der Waals surface area contributed by atoms with Crippen molar-refractivity contribution < 1.29 is 0 Å². The van der Waals surface area contributed by atoms with Gasteiger partial charge in [-0.3, -0.25) is 0 Å². The minimum atomic E-state index is 0.514. The molecule has 0 bridgehead atoms. The van der Waals surface area contributed by atoms with Crippen molar-refractivity contribution in [3.63, 3.8) is 0 Å². The Morgan fingerprint density at radius 3 is 1.94 bits per heavy atom. The molecule has 0 saturated carbocycles. The number of nitrogens with zero attached hydrogens (tertiary/aromatic N) is 2. The lowest BCUT2D eigenvalue weighted by Crippen LogP contribution is -2.07. The van der Waals surface area contributed by atoms with Crippen LogP contribution >= 0.6 is 0 Å². The third-order valence-electron chi connectivity index (χ3n) is 3.41. The van der Waals surface area contributed by atoms with Crippen molar-refractivity contribution in [2.24, 2.45) is 0 Å².